The number of rotatable bonds is 8. The lowest BCUT2D eigenvalue weighted by atomic mass is 10.2. The molecule has 0 spiro atoms. The van der Waals surface area contributed by atoms with E-state index >= 15 is 0 Å². The molecule has 0 amide bonds. The Bertz CT molecular complexity index is 1170. The van der Waals surface area contributed by atoms with Crippen molar-refractivity contribution < 1.29 is 14.3 Å². The zero-order valence-corrected chi connectivity index (χ0v) is 18.1. The molecule has 2 aromatic heterocycles. The Morgan fingerprint density at radius 3 is 2.61 bits per heavy atom. The maximum atomic E-state index is 12.2. The van der Waals surface area contributed by atoms with Crippen molar-refractivity contribution >= 4 is 35.0 Å². The number of para-hydroxylation sites is 2. The van der Waals surface area contributed by atoms with E-state index < -0.39 is 5.97 Å². The van der Waals surface area contributed by atoms with Crippen LogP contribution in [0.15, 0.2) is 84.4 Å². The lowest BCUT2D eigenvalue weighted by molar-refractivity contribution is -0.138. The number of aromatic nitrogens is 2. The van der Waals surface area contributed by atoms with Crippen LogP contribution in [0.2, 0.25) is 5.02 Å². The lowest BCUT2D eigenvalue weighted by Gasteiger charge is -2.07. The Morgan fingerprint density at radius 1 is 1.03 bits per heavy atom. The third-order valence-corrected chi connectivity index (χ3v) is 5.53. The number of hydrogen-bond donors (Lipinski definition) is 0. The van der Waals surface area contributed by atoms with Crippen molar-refractivity contribution in [3.05, 3.63) is 95.0 Å². The Balaban J connectivity index is 1.41. The number of esters is 1. The summed E-state index contributed by atoms with van der Waals surface area (Å²) >= 11 is 7.63. The van der Waals surface area contributed by atoms with Gasteiger partial charge in [0, 0.05) is 17.8 Å². The van der Waals surface area contributed by atoms with E-state index in [0.29, 0.717) is 10.8 Å². The topological polar surface area (TPSA) is 53.4 Å². The fourth-order valence-electron chi connectivity index (χ4n) is 2.89. The zero-order chi connectivity index (χ0) is 21.5. The highest BCUT2D eigenvalue weighted by molar-refractivity contribution is 7.13. The molecule has 5 nitrogen and oxygen atoms in total. The van der Waals surface area contributed by atoms with Crippen LogP contribution in [-0.2, 0) is 9.53 Å². The van der Waals surface area contributed by atoms with Gasteiger partial charge in [-0.3, -0.25) is 0 Å². The number of carbonyl (C=O) groups is 1. The molecule has 0 aliphatic heterocycles. The molecule has 0 radical (unpaired) electrons. The van der Waals surface area contributed by atoms with Crippen molar-refractivity contribution in [2.45, 2.75) is 0 Å². The molecule has 4 rings (SSSR count). The summed E-state index contributed by atoms with van der Waals surface area (Å²) in [5, 5.41) is 7.23. The van der Waals surface area contributed by atoms with E-state index in [1.807, 2.05) is 66.2 Å². The second kappa shape index (κ2) is 10.1. The summed E-state index contributed by atoms with van der Waals surface area (Å²) < 4.78 is 12.6. The number of ether oxygens (including phenoxy) is 2. The number of thiophene rings is 1. The first-order chi connectivity index (χ1) is 15.2. The van der Waals surface area contributed by atoms with Crippen LogP contribution in [-0.4, -0.2) is 29.0 Å². The molecular weight excluding hydrogens is 432 g/mol. The average molecular weight is 451 g/mol. The Labute approximate surface area is 189 Å². The Morgan fingerprint density at radius 2 is 1.84 bits per heavy atom. The van der Waals surface area contributed by atoms with Crippen LogP contribution >= 0.6 is 22.9 Å². The number of halogens is 1. The summed E-state index contributed by atoms with van der Waals surface area (Å²) in [6.45, 7) is 0.338. The van der Waals surface area contributed by atoms with Crippen molar-refractivity contribution in [3.8, 4) is 22.0 Å². The van der Waals surface area contributed by atoms with Crippen molar-refractivity contribution in [1.29, 1.82) is 0 Å². The second-order valence-electron chi connectivity index (χ2n) is 6.47. The minimum atomic E-state index is -0.452. The normalized spacial score (nSPS) is 11.0. The third kappa shape index (κ3) is 5.42. The maximum Gasteiger partial charge on any atom is 0.330 e. The first kappa shape index (κ1) is 20.9. The highest BCUT2D eigenvalue weighted by atomic mass is 35.5. The second-order valence-corrected chi connectivity index (χ2v) is 7.83. The maximum absolute atomic E-state index is 12.2. The average Bonchev–Trinajstić information content (AvgIpc) is 3.47. The van der Waals surface area contributed by atoms with E-state index in [4.69, 9.17) is 26.2 Å². The van der Waals surface area contributed by atoms with Gasteiger partial charge in [0.05, 0.1) is 15.6 Å². The van der Waals surface area contributed by atoms with Crippen LogP contribution in [0.25, 0.3) is 22.3 Å². The molecule has 0 bridgehead atoms. The van der Waals surface area contributed by atoms with Crippen LogP contribution in [0.4, 0.5) is 0 Å². The Hall–Kier alpha value is -3.35. The fraction of sp³-hybridized carbons (Fsp3) is 0.0833. The van der Waals surface area contributed by atoms with Gasteiger partial charge in [-0.05, 0) is 41.8 Å². The summed E-state index contributed by atoms with van der Waals surface area (Å²) in [6, 6.07) is 21.0. The minimum absolute atomic E-state index is 0.120. The van der Waals surface area contributed by atoms with Gasteiger partial charge in [-0.15, -0.1) is 11.3 Å². The van der Waals surface area contributed by atoms with Gasteiger partial charge < -0.3 is 9.47 Å². The summed E-state index contributed by atoms with van der Waals surface area (Å²) in [5.41, 5.74) is 2.58. The van der Waals surface area contributed by atoms with Crippen LogP contribution in [0.3, 0.4) is 0 Å². The van der Waals surface area contributed by atoms with Gasteiger partial charge in [-0.25, -0.2) is 9.48 Å². The molecule has 0 saturated heterocycles. The number of carbonyl (C=O) groups excluding carboxylic acids is 1. The van der Waals surface area contributed by atoms with Crippen LogP contribution < -0.4 is 4.74 Å². The summed E-state index contributed by atoms with van der Waals surface area (Å²) in [6.07, 6.45) is 5.02. The molecule has 0 N–H and O–H groups in total. The van der Waals surface area contributed by atoms with E-state index in [-0.39, 0.29) is 13.2 Å². The summed E-state index contributed by atoms with van der Waals surface area (Å²) in [7, 11) is 0. The first-order valence-corrected chi connectivity index (χ1v) is 10.9. The molecule has 0 aliphatic rings. The number of nitrogens with zero attached hydrogens (tertiary/aromatic N) is 2. The molecule has 0 atom stereocenters. The van der Waals surface area contributed by atoms with Gasteiger partial charge in [0.2, 0.25) is 0 Å². The number of benzene rings is 2. The van der Waals surface area contributed by atoms with Crippen molar-refractivity contribution in [2.24, 2.45) is 0 Å². The predicted molar refractivity (Wildman–Crippen MR) is 124 cm³/mol. The monoisotopic (exact) mass is 450 g/mol. The van der Waals surface area contributed by atoms with Gasteiger partial charge in [0.25, 0.3) is 0 Å². The molecule has 156 valence electrons. The molecule has 0 saturated carbocycles. The predicted octanol–water partition coefficient (Wildman–Crippen LogP) is 5.89. The fourth-order valence-corrected chi connectivity index (χ4v) is 3.81. The van der Waals surface area contributed by atoms with Crippen molar-refractivity contribution in [2.75, 3.05) is 13.2 Å². The summed E-state index contributed by atoms with van der Waals surface area (Å²) in [5.74, 6) is 0.108. The van der Waals surface area contributed by atoms with Crippen LogP contribution in [0.1, 0.15) is 5.56 Å². The smallest absolute Gasteiger partial charge is 0.330 e. The quantitative estimate of drug-likeness (QED) is 0.191. The SMILES string of the molecule is O=C(C=Cc1cn(-c2ccccc2)nc1-c1cccs1)OCCOc1ccccc1Cl. The molecule has 0 fully saturated rings. The third-order valence-electron chi connectivity index (χ3n) is 4.34. The first-order valence-electron chi connectivity index (χ1n) is 9.62. The minimum Gasteiger partial charge on any atom is -0.488 e. The standard InChI is InChI=1S/C24H19ClN2O3S/c25-20-9-4-5-10-21(20)29-14-15-30-23(28)13-12-18-17-27(19-7-2-1-3-8-19)26-24(18)22-11-6-16-31-22/h1-13,16-17H,14-15H2. The summed E-state index contributed by atoms with van der Waals surface area (Å²) in [4.78, 5) is 13.2. The van der Waals surface area contributed by atoms with E-state index in [0.717, 1.165) is 21.8 Å². The Kier molecular flexibility index (Phi) is 6.82. The van der Waals surface area contributed by atoms with E-state index in [9.17, 15) is 4.79 Å². The van der Waals surface area contributed by atoms with E-state index in [1.54, 1.807) is 34.2 Å². The highest BCUT2D eigenvalue weighted by Gasteiger charge is 2.12. The molecule has 2 aromatic carbocycles. The lowest BCUT2D eigenvalue weighted by Crippen LogP contribution is -2.10. The number of hydrogen-bond acceptors (Lipinski definition) is 5. The van der Waals surface area contributed by atoms with E-state index in [1.165, 1.54) is 6.08 Å². The zero-order valence-electron chi connectivity index (χ0n) is 16.5. The van der Waals surface area contributed by atoms with Crippen molar-refractivity contribution in [1.82, 2.24) is 9.78 Å². The van der Waals surface area contributed by atoms with Gasteiger partial charge >= 0.3 is 5.97 Å². The van der Waals surface area contributed by atoms with Crippen LogP contribution in [0.5, 0.6) is 5.75 Å². The van der Waals surface area contributed by atoms with Crippen molar-refractivity contribution in [3.63, 3.8) is 0 Å². The molecule has 0 aliphatic carbocycles. The molecule has 7 heteroatoms. The van der Waals surface area contributed by atoms with Gasteiger partial charge in [-0.1, -0.05) is 48.0 Å². The molecule has 0 unspecified atom stereocenters. The molecule has 4 aromatic rings. The highest BCUT2D eigenvalue weighted by Crippen LogP contribution is 2.28. The van der Waals surface area contributed by atoms with Gasteiger partial charge in [-0.2, -0.15) is 5.10 Å². The van der Waals surface area contributed by atoms with Gasteiger partial charge in [0.1, 0.15) is 24.7 Å². The largest absolute Gasteiger partial charge is 0.488 e. The molecule has 2 heterocycles. The van der Waals surface area contributed by atoms with E-state index in [2.05, 4.69) is 0 Å². The van der Waals surface area contributed by atoms with Gasteiger partial charge in [0.15, 0.2) is 0 Å². The molecular formula is C24H19ClN2O3S. The van der Waals surface area contributed by atoms with Crippen LogP contribution in [0, 0.1) is 0 Å². The molecule has 31 heavy (non-hydrogen) atoms.